The highest BCUT2D eigenvalue weighted by molar-refractivity contribution is 7.98. The van der Waals surface area contributed by atoms with Crippen molar-refractivity contribution < 1.29 is 14.0 Å². The fourth-order valence-corrected chi connectivity index (χ4v) is 3.73. The zero-order valence-corrected chi connectivity index (χ0v) is 18.7. The minimum atomic E-state index is -0.258. The second-order valence-electron chi connectivity index (χ2n) is 7.10. The van der Waals surface area contributed by atoms with E-state index in [0.717, 1.165) is 22.1 Å². The van der Waals surface area contributed by atoms with Gasteiger partial charge in [-0.05, 0) is 56.4 Å². The molecule has 8 heteroatoms. The Morgan fingerprint density at radius 1 is 1.06 bits per heavy atom. The molecule has 7 nitrogen and oxygen atoms in total. The molecule has 0 bridgehead atoms. The molecule has 162 valence electrons. The van der Waals surface area contributed by atoms with Crippen molar-refractivity contribution in [2.75, 3.05) is 18.1 Å². The van der Waals surface area contributed by atoms with Crippen LogP contribution < -0.4 is 5.32 Å². The predicted molar refractivity (Wildman–Crippen MR) is 121 cm³/mol. The van der Waals surface area contributed by atoms with Gasteiger partial charge >= 0.3 is 0 Å². The summed E-state index contributed by atoms with van der Waals surface area (Å²) in [5.41, 5.74) is 3.42. The number of carbonyl (C=O) groups is 2. The zero-order chi connectivity index (χ0) is 22.2. The molecule has 0 saturated heterocycles. The minimum absolute atomic E-state index is 0.0612. The monoisotopic (exact) mass is 438 g/mol. The first-order chi connectivity index (χ1) is 15.0. The molecule has 2 heterocycles. The number of hydrogen-bond donors (Lipinski definition) is 1. The van der Waals surface area contributed by atoms with E-state index in [9.17, 15) is 9.59 Å². The number of anilines is 1. The summed E-state index contributed by atoms with van der Waals surface area (Å²) in [6.45, 7) is 4.03. The van der Waals surface area contributed by atoms with Gasteiger partial charge in [-0.3, -0.25) is 9.59 Å². The Kier molecular flexibility index (Phi) is 7.83. The van der Waals surface area contributed by atoms with Gasteiger partial charge in [0, 0.05) is 23.5 Å². The zero-order valence-electron chi connectivity index (χ0n) is 17.9. The molecule has 2 aromatic heterocycles. The Balaban J connectivity index is 1.68. The average Bonchev–Trinajstić information content (AvgIpc) is 3.26. The van der Waals surface area contributed by atoms with Gasteiger partial charge in [-0.2, -0.15) is 0 Å². The van der Waals surface area contributed by atoms with Crippen LogP contribution in [0.4, 0.5) is 5.69 Å². The molecule has 3 rings (SSSR count). The topological polar surface area (TPSA) is 88.3 Å². The van der Waals surface area contributed by atoms with Crippen LogP contribution in [-0.2, 0) is 22.6 Å². The molecule has 0 aliphatic heterocycles. The van der Waals surface area contributed by atoms with E-state index in [2.05, 4.69) is 15.3 Å². The largest absolute Gasteiger partial charge is 0.467 e. The summed E-state index contributed by atoms with van der Waals surface area (Å²) >= 11 is 1.49. The number of furan rings is 1. The van der Waals surface area contributed by atoms with E-state index in [0.29, 0.717) is 17.9 Å². The molecule has 3 aromatic rings. The van der Waals surface area contributed by atoms with Crippen molar-refractivity contribution in [3.05, 3.63) is 71.4 Å². The summed E-state index contributed by atoms with van der Waals surface area (Å²) in [7, 11) is 0. The van der Waals surface area contributed by atoms with Crippen molar-refractivity contribution in [3.8, 4) is 0 Å². The van der Waals surface area contributed by atoms with Gasteiger partial charge in [0.05, 0.1) is 12.8 Å². The first kappa shape index (κ1) is 22.6. The molecule has 0 saturated carbocycles. The van der Waals surface area contributed by atoms with Crippen molar-refractivity contribution in [2.24, 2.45) is 0 Å². The number of rotatable bonds is 9. The van der Waals surface area contributed by atoms with Gasteiger partial charge in [-0.1, -0.05) is 30.0 Å². The molecule has 0 aliphatic rings. The smallest absolute Gasteiger partial charge is 0.244 e. The molecule has 1 N–H and O–H groups in total. The van der Waals surface area contributed by atoms with Gasteiger partial charge in [0.1, 0.15) is 12.3 Å². The van der Waals surface area contributed by atoms with Crippen LogP contribution >= 0.6 is 11.8 Å². The number of hydrogen-bond acceptors (Lipinski definition) is 6. The van der Waals surface area contributed by atoms with E-state index in [1.807, 2.05) is 38.3 Å². The number of para-hydroxylation sites is 1. The van der Waals surface area contributed by atoms with Crippen molar-refractivity contribution in [1.29, 1.82) is 0 Å². The number of nitrogens with one attached hydrogen (secondary N) is 1. The van der Waals surface area contributed by atoms with Gasteiger partial charge in [0.15, 0.2) is 5.16 Å². The van der Waals surface area contributed by atoms with Gasteiger partial charge in [0.2, 0.25) is 11.8 Å². The first-order valence-corrected chi connectivity index (χ1v) is 11.2. The second kappa shape index (κ2) is 10.8. The highest BCUT2D eigenvalue weighted by Gasteiger charge is 2.20. The second-order valence-corrected chi connectivity index (χ2v) is 7.88. The third kappa shape index (κ3) is 6.42. The summed E-state index contributed by atoms with van der Waals surface area (Å²) in [5, 5.41) is 3.55. The van der Waals surface area contributed by atoms with Crippen LogP contribution in [0.3, 0.4) is 0 Å². The van der Waals surface area contributed by atoms with E-state index in [-0.39, 0.29) is 31.3 Å². The maximum absolute atomic E-state index is 13.0. The number of thioether (sulfide) groups is 1. The predicted octanol–water partition coefficient (Wildman–Crippen LogP) is 4.01. The lowest BCUT2D eigenvalue weighted by Gasteiger charge is -2.22. The summed E-state index contributed by atoms with van der Waals surface area (Å²) in [6.07, 6.45) is 4.26. The lowest BCUT2D eigenvalue weighted by Crippen LogP contribution is -2.37. The summed E-state index contributed by atoms with van der Waals surface area (Å²) in [5.74, 6) is 0.236. The van der Waals surface area contributed by atoms with Crippen molar-refractivity contribution in [1.82, 2.24) is 14.9 Å². The Bertz CT molecular complexity index is 1000. The Morgan fingerprint density at radius 3 is 2.39 bits per heavy atom. The number of aromatic nitrogens is 2. The molecular formula is C23H26N4O3S. The molecule has 0 radical (unpaired) electrons. The van der Waals surface area contributed by atoms with Crippen LogP contribution in [0.5, 0.6) is 0 Å². The minimum Gasteiger partial charge on any atom is -0.467 e. The fraction of sp³-hybridized carbons (Fsp3) is 0.304. The van der Waals surface area contributed by atoms with Gasteiger partial charge in [0.25, 0.3) is 0 Å². The summed E-state index contributed by atoms with van der Waals surface area (Å²) in [6, 6.07) is 12.7. The van der Waals surface area contributed by atoms with E-state index in [4.69, 9.17) is 4.42 Å². The molecule has 0 unspecified atom stereocenters. The normalized spacial score (nSPS) is 10.7. The van der Waals surface area contributed by atoms with Crippen LogP contribution in [-0.4, -0.2) is 39.5 Å². The Labute approximate surface area is 186 Å². The third-order valence-electron chi connectivity index (χ3n) is 4.84. The molecule has 0 spiro atoms. The van der Waals surface area contributed by atoms with Crippen LogP contribution in [0.2, 0.25) is 0 Å². The van der Waals surface area contributed by atoms with E-state index < -0.39 is 0 Å². The number of aryl methyl sites for hydroxylation is 2. The summed E-state index contributed by atoms with van der Waals surface area (Å²) < 4.78 is 5.39. The van der Waals surface area contributed by atoms with E-state index in [1.165, 1.54) is 16.7 Å². The molecule has 0 atom stereocenters. The molecule has 2 amide bonds. The molecule has 1 aromatic carbocycles. The molecule has 31 heavy (non-hydrogen) atoms. The molecule has 0 fully saturated rings. The van der Waals surface area contributed by atoms with Gasteiger partial charge in [-0.15, -0.1) is 0 Å². The number of nitrogens with zero attached hydrogens (tertiary/aromatic N) is 3. The van der Waals surface area contributed by atoms with Crippen molar-refractivity contribution >= 4 is 29.3 Å². The number of benzene rings is 1. The van der Waals surface area contributed by atoms with Crippen molar-refractivity contribution in [3.63, 3.8) is 0 Å². The molecule has 0 aliphatic carbocycles. The van der Waals surface area contributed by atoms with Crippen LogP contribution in [0.1, 0.15) is 29.1 Å². The molecular weight excluding hydrogens is 412 g/mol. The lowest BCUT2D eigenvalue weighted by atomic mass is 10.1. The quantitative estimate of drug-likeness (QED) is 0.401. The number of amides is 2. The first-order valence-electron chi connectivity index (χ1n) is 9.99. The van der Waals surface area contributed by atoms with E-state index >= 15 is 0 Å². The van der Waals surface area contributed by atoms with Crippen LogP contribution in [0, 0.1) is 13.8 Å². The Hall–Kier alpha value is -3.13. The highest BCUT2D eigenvalue weighted by atomic mass is 32.2. The van der Waals surface area contributed by atoms with Gasteiger partial charge in [-0.25, -0.2) is 9.97 Å². The maximum Gasteiger partial charge on any atom is 0.244 e. The summed E-state index contributed by atoms with van der Waals surface area (Å²) in [4.78, 5) is 36.1. The third-order valence-corrected chi connectivity index (χ3v) is 5.39. The lowest BCUT2D eigenvalue weighted by molar-refractivity contribution is -0.135. The van der Waals surface area contributed by atoms with Gasteiger partial charge < -0.3 is 14.6 Å². The standard InChI is InChI=1S/C23H26N4O3S/c1-16-20(17(2)25-23(24-16)31-3)11-12-22(29)27(14-19-10-7-13-30-19)15-21(28)26-18-8-5-4-6-9-18/h4-10,13H,11-12,14-15H2,1-3H3,(H,26,28). The van der Waals surface area contributed by atoms with Crippen LogP contribution in [0.25, 0.3) is 0 Å². The average molecular weight is 439 g/mol. The number of carbonyl (C=O) groups excluding carboxylic acids is 2. The SMILES string of the molecule is CSc1nc(C)c(CCC(=O)N(CC(=O)Nc2ccccc2)Cc2ccco2)c(C)n1. The maximum atomic E-state index is 13.0. The fourth-order valence-electron chi connectivity index (χ4n) is 3.27. The van der Waals surface area contributed by atoms with E-state index in [1.54, 1.807) is 30.5 Å². The van der Waals surface area contributed by atoms with Crippen molar-refractivity contribution in [2.45, 2.75) is 38.4 Å². The highest BCUT2D eigenvalue weighted by Crippen LogP contribution is 2.18. The Morgan fingerprint density at radius 2 is 1.77 bits per heavy atom. The van der Waals surface area contributed by atoms with Crippen LogP contribution in [0.15, 0.2) is 58.3 Å².